The molecule has 0 fully saturated rings. The van der Waals surface area contributed by atoms with Crippen LogP contribution in [0.4, 0.5) is 46.0 Å². The molecular weight excluding hydrogens is 1010 g/mol. The Bertz CT molecular complexity index is 3290. The smallest absolute Gasteiger partial charge is 0.397 e. The molecule has 4 aromatic carbocycles. The Morgan fingerprint density at radius 3 is 1.92 bits per heavy atom. The minimum atomic E-state index is -5.43. The Kier molecular flexibility index (Phi) is 15.6. The van der Waals surface area contributed by atoms with Crippen LogP contribution in [0.2, 0.25) is 5.28 Å². The minimum Gasteiger partial charge on any atom is -0.505 e. The number of aromatic hydroxyl groups is 1. The number of aromatic nitrogens is 3. The van der Waals surface area contributed by atoms with Gasteiger partial charge >= 0.3 is 10.4 Å². The van der Waals surface area contributed by atoms with E-state index in [0.717, 1.165) is 42.5 Å². The number of nitrogen functional groups attached to an aromatic ring is 1. The van der Waals surface area contributed by atoms with E-state index >= 15 is 0 Å². The Morgan fingerprint density at radius 2 is 1.32 bits per heavy atom. The third-order valence-corrected chi connectivity index (χ3v) is 14.0. The van der Waals surface area contributed by atoms with Gasteiger partial charge in [0.2, 0.25) is 17.2 Å². The predicted octanol–water partition coefficient (Wildman–Crippen LogP) is 4.01. The van der Waals surface area contributed by atoms with Gasteiger partial charge in [-0.25, -0.2) is 12.6 Å². The van der Waals surface area contributed by atoms with Gasteiger partial charge in [-0.15, -0.1) is 15.3 Å². The van der Waals surface area contributed by atoms with Gasteiger partial charge < -0.3 is 26.6 Å². The Morgan fingerprint density at radius 1 is 0.723 bits per heavy atom. The van der Waals surface area contributed by atoms with Crippen LogP contribution in [0.25, 0.3) is 10.8 Å². The number of hydrogen-bond acceptors (Lipinski definition) is 24. The molecule has 0 aliphatic heterocycles. The van der Waals surface area contributed by atoms with E-state index < -0.39 is 117 Å². The van der Waals surface area contributed by atoms with Gasteiger partial charge in [0.05, 0.1) is 40.6 Å². The monoisotopic (exact) mass is 1040 g/mol. The van der Waals surface area contributed by atoms with Gasteiger partial charge in [-0.2, -0.15) is 65.5 Å². The van der Waals surface area contributed by atoms with Crippen molar-refractivity contribution in [3.05, 3.63) is 59.9 Å². The number of thioether (sulfide) groups is 1. The predicted molar refractivity (Wildman–Crippen MR) is 231 cm³/mol. The first-order valence-electron chi connectivity index (χ1n) is 17.3. The maximum atomic E-state index is 12.6. The Hall–Kier alpha value is -5.30. The van der Waals surface area contributed by atoms with Crippen LogP contribution in [0.3, 0.4) is 0 Å². The van der Waals surface area contributed by atoms with Crippen LogP contribution in [0.5, 0.6) is 5.75 Å². The van der Waals surface area contributed by atoms with Crippen LogP contribution in [-0.4, -0.2) is 122 Å². The van der Waals surface area contributed by atoms with Crippen molar-refractivity contribution in [1.82, 2.24) is 15.0 Å². The van der Waals surface area contributed by atoms with Crippen molar-refractivity contribution >= 4 is 131 Å². The molecule has 0 aliphatic rings. The molecule has 0 radical (unpaired) electrons. The molecule has 0 amide bonds. The number of anilines is 4. The maximum Gasteiger partial charge on any atom is 0.397 e. The van der Waals surface area contributed by atoms with E-state index in [1.54, 1.807) is 0 Å². The van der Waals surface area contributed by atoms with Gasteiger partial charge in [-0.3, -0.25) is 18.2 Å². The summed E-state index contributed by atoms with van der Waals surface area (Å²) in [4.78, 5) is 8.39. The van der Waals surface area contributed by atoms with Crippen molar-refractivity contribution in [1.29, 1.82) is 0 Å². The average Bonchev–Trinajstić information content (AvgIpc) is 3.18. The molecule has 0 spiro atoms. The molecule has 0 bridgehead atoms. The molecule has 0 aliphatic carbocycles. The number of aliphatic hydroxyl groups excluding tert-OH is 1. The quantitative estimate of drug-likeness (QED) is 0.0230. The summed E-state index contributed by atoms with van der Waals surface area (Å²) in [5, 5.41) is 39.4. The van der Waals surface area contributed by atoms with E-state index in [2.05, 4.69) is 50.2 Å². The van der Waals surface area contributed by atoms with Gasteiger partial charge in [-0.05, 0) is 71.6 Å². The number of nitrogens with zero attached hydrogens (tertiary/aromatic N) is 7. The van der Waals surface area contributed by atoms with Gasteiger partial charge in [0.1, 0.15) is 31.7 Å². The molecule has 1 heterocycles. The van der Waals surface area contributed by atoms with E-state index in [0.29, 0.717) is 30.2 Å². The van der Waals surface area contributed by atoms with Crippen LogP contribution >= 0.6 is 23.4 Å². The van der Waals surface area contributed by atoms with E-state index in [9.17, 15) is 60.9 Å². The van der Waals surface area contributed by atoms with Crippen molar-refractivity contribution in [3.8, 4) is 5.75 Å². The number of halogens is 1. The summed E-state index contributed by atoms with van der Waals surface area (Å²) in [5.74, 6) is -1.21. The van der Waals surface area contributed by atoms with Crippen molar-refractivity contribution in [2.45, 2.75) is 19.6 Å². The standard InChI is InChI=1S/C31H31ClN10O17S6/c32-29-36-30(34-7-10-60-11-8-43)38-31(37-29)35-18-3-6-21(62(47,48)49)20(15-18)40-42-27-23(64(53,54)55)14-16-13-22(63(50,51)52)26(25(33)24(16)28(27)44)41-39-17-1-4-19(5-2-17)61(45,46)12-9-59-65(56,57)58/h1-6,13-15,43-44H,7-12,33H2,(H,47,48,49)(H,50,51,52)(H,53,54,55)(H,56,57,58)(H2,34,35,36,37,38)/b41-39+,42-40+. The van der Waals surface area contributed by atoms with Crippen molar-refractivity contribution in [2.75, 3.05) is 53.4 Å². The fourth-order valence-corrected chi connectivity index (χ4v) is 9.47. The molecule has 65 heavy (non-hydrogen) atoms. The van der Waals surface area contributed by atoms with E-state index in [1.807, 2.05) is 0 Å². The maximum absolute atomic E-state index is 12.6. The number of aliphatic hydroxyl groups is 1. The zero-order valence-electron chi connectivity index (χ0n) is 32.1. The number of nitrogens with two attached hydrogens (primary N) is 1. The molecule has 10 N–H and O–H groups in total. The first-order chi connectivity index (χ1) is 30.2. The minimum absolute atomic E-state index is 0.0173. The molecule has 0 atom stereocenters. The van der Waals surface area contributed by atoms with Gasteiger partial charge in [-0.1, -0.05) is 0 Å². The SMILES string of the molecule is Nc1c(/N=N/c2ccc(S(=O)(=O)CCOS(=O)(=O)O)cc2)c(S(=O)(=O)O)cc2cc(S(=O)(=O)O)c(/N=N/c3cc(Nc4nc(Cl)nc(NCCSCCO)n4)ccc3S(=O)(=O)O)c(O)c12. The molecule has 0 unspecified atom stereocenters. The Labute approximate surface area is 377 Å². The van der Waals surface area contributed by atoms with Crippen LogP contribution in [0.15, 0.2) is 94.6 Å². The fourth-order valence-electron chi connectivity index (χ4n) is 5.31. The van der Waals surface area contributed by atoms with Crippen LogP contribution < -0.4 is 16.4 Å². The van der Waals surface area contributed by atoms with E-state index in [-0.39, 0.29) is 40.1 Å². The van der Waals surface area contributed by atoms with E-state index in [1.165, 1.54) is 11.8 Å². The lowest BCUT2D eigenvalue weighted by Crippen LogP contribution is -2.15. The summed E-state index contributed by atoms with van der Waals surface area (Å²) in [6.07, 6.45) is 0. The summed E-state index contributed by atoms with van der Waals surface area (Å²) in [6, 6.07) is 8.18. The number of hydrogen-bond donors (Lipinski definition) is 9. The lowest BCUT2D eigenvalue weighted by atomic mass is 10.1. The zero-order valence-corrected chi connectivity index (χ0v) is 37.8. The molecule has 1 aromatic heterocycles. The van der Waals surface area contributed by atoms with Gasteiger partial charge in [0.15, 0.2) is 15.6 Å². The van der Waals surface area contributed by atoms with Gasteiger partial charge in [0.25, 0.3) is 30.4 Å². The highest BCUT2D eigenvalue weighted by atomic mass is 35.5. The lowest BCUT2D eigenvalue weighted by Gasteiger charge is -2.14. The van der Waals surface area contributed by atoms with Crippen molar-refractivity contribution in [2.24, 2.45) is 20.5 Å². The highest BCUT2D eigenvalue weighted by molar-refractivity contribution is 7.99. The molecule has 27 nitrogen and oxygen atoms in total. The summed E-state index contributed by atoms with van der Waals surface area (Å²) in [6.45, 7) is -0.580. The number of fused-ring (bicyclic) bond motifs is 1. The van der Waals surface area contributed by atoms with Crippen LogP contribution in [0.1, 0.15) is 0 Å². The molecule has 5 aromatic rings. The van der Waals surface area contributed by atoms with Crippen molar-refractivity contribution < 1.29 is 74.7 Å². The summed E-state index contributed by atoms with van der Waals surface area (Å²) in [5.41, 5.74) is 2.50. The number of phenolic OH excluding ortho intramolecular Hbond substituents is 1. The number of rotatable bonds is 20. The second kappa shape index (κ2) is 20.1. The fraction of sp³-hybridized carbons (Fsp3) is 0.194. The second-order valence-electron chi connectivity index (χ2n) is 12.5. The number of sulfone groups is 1. The summed E-state index contributed by atoms with van der Waals surface area (Å²) >= 11 is 7.48. The molecular formula is C31H31ClN10O17S6. The summed E-state index contributed by atoms with van der Waals surface area (Å²) < 4.78 is 164. The number of azo groups is 2. The molecule has 0 saturated carbocycles. The number of nitrogens with one attached hydrogen (secondary N) is 2. The third-order valence-electron chi connectivity index (χ3n) is 8.04. The number of benzene rings is 4. The molecule has 34 heteroatoms. The molecule has 350 valence electrons. The largest absolute Gasteiger partial charge is 0.505 e. The molecule has 0 saturated heterocycles. The first-order valence-corrected chi connectivity index (χ1v) is 26.1. The van der Waals surface area contributed by atoms with E-state index in [4.69, 9.17) is 27.0 Å². The van der Waals surface area contributed by atoms with Crippen molar-refractivity contribution in [3.63, 3.8) is 0 Å². The number of phenols is 1. The highest BCUT2D eigenvalue weighted by Crippen LogP contribution is 2.48. The second-order valence-corrected chi connectivity index (χ2v) is 21.4. The van der Waals surface area contributed by atoms with Gasteiger partial charge in [0, 0.05) is 23.7 Å². The molecule has 5 rings (SSSR count). The Balaban J connectivity index is 1.58. The highest BCUT2D eigenvalue weighted by Gasteiger charge is 2.29. The lowest BCUT2D eigenvalue weighted by molar-refractivity contribution is 0.284. The first kappa shape index (κ1) is 50.7. The van der Waals surface area contributed by atoms with Crippen LogP contribution in [0, 0.1) is 0 Å². The normalized spacial score (nSPS) is 13.0. The average molecular weight is 1040 g/mol. The third kappa shape index (κ3) is 13.4. The topological polar surface area (TPSA) is 439 Å². The van der Waals surface area contributed by atoms with Crippen LogP contribution in [-0.2, 0) is 54.8 Å². The zero-order chi connectivity index (χ0) is 48.1. The summed E-state index contributed by atoms with van der Waals surface area (Å²) in [7, 11) is -25.0.